The first-order valence-electron chi connectivity index (χ1n) is 6.42. The molecule has 2 aromatic carbocycles. The smallest absolute Gasteiger partial charge is 0.243 e. The van der Waals surface area contributed by atoms with Crippen molar-refractivity contribution < 1.29 is 4.79 Å². The number of carbonyl (C=O) groups is 1. The summed E-state index contributed by atoms with van der Waals surface area (Å²) in [6.45, 7) is 4.09. The Bertz CT molecular complexity index is 626. The molecule has 0 aliphatic rings. The van der Waals surface area contributed by atoms with Crippen LogP contribution in [0.1, 0.15) is 11.1 Å². The predicted molar refractivity (Wildman–Crippen MR) is 84.5 cm³/mol. The molecular formula is C16H17ClN2O. The van der Waals surface area contributed by atoms with Gasteiger partial charge >= 0.3 is 0 Å². The zero-order valence-electron chi connectivity index (χ0n) is 11.5. The third kappa shape index (κ3) is 3.52. The van der Waals surface area contributed by atoms with Crippen LogP contribution in [0.2, 0.25) is 5.02 Å². The zero-order valence-corrected chi connectivity index (χ0v) is 12.3. The van der Waals surface area contributed by atoms with Crippen molar-refractivity contribution in [2.45, 2.75) is 13.8 Å². The van der Waals surface area contributed by atoms with Crippen molar-refractivity contribution in [3.8, 4) is 0 Å². The molecule has 0 heterocycles. The van der Waals surface area contributed by atoms with E-state index in [0.717, 1.165) is 22.5 Å². The van der Waals surface area contributed by atoms with E-state index in [0.29, 0.717) is 5.02 Å². The minimum absolute atomic E-state index is 0.0846. The molecule has 0 aromatic heterocycles. The summed E-state index contributed by atoms with van der Waals surface area (Å²) >= 11 is 6.04. The Morgan fingerprint density at radius 2 is 1.75 bits per heavy atom. The van der Waals surface area contributed by atoms with Crippen molar-refractivity contribution in [1.82, 2.24) is 0 Å². The molecule has 0 aliphatic heterocycles. The second kappa shape index (κ2) is 6.44. The summed E-state index contributed by atoms with van der Waals surface area (Å²) < 4.78 is 0. The standard InChI is InChI=1S/C16H17ClN2O/c1-11-6-3-4-8-14(11)19-16(20)10-18-15-9-5-7-13(17)12(15)2/h3-9,18H,10H2,1-2H3,(H,19,20). The molecule has 0 saturated heterocycles. The van der Waals surface area contributed by atoms with Gasteiger partial charge in [-0.05, 0) is 43.2 Å². The number of rotatable bonds is 4. The largest absolute Gasteiger partial charge is 0.376 e. The minimum Gasteiger partial charge on any atom is -0.376 e. The van der Waals surface area contributed by atoms with Gasteiger partial charge in [-0.25, -0.2) is 0 Å². The molecule has 0 radical (unpaired) electrons. The Morgan fingerprint density at radius 3 is 2.50 bits per heavy atom. The number of hydrogen-bond acceptors (Lipinski definition) is 2. The Balaban J connectivity index is 1.96. The zero-order chi connectivity index (χ0) is 14.5. The van der Waals surface area contributed by atoms with Gasteiger partial charge in [-0.1, -0.05) is 35.9 Å². The molecule has 0 saturated carbocycles. The molecule has 2 rings (SSSR count). The number of nitrogens with one attached hydrogen (secondary N) is 2. The quantitative estimate of drug-likeness (QED) is 0.892. The van der Waals surface area contributed by atoms with Crippen molar-refractivity contribution in [2.24, 2.45) is 0 Å². The fraction of sp³-hybridized carbons (Fsp3) is 0.188. The third-order valence-electron chi connectivity index (χ3n) is 3.13. The second-order valence-electron chi connectivity index (χ2n) is 4.63. The maximum absolute atomic E-state index is 11.9. The summed E-state index contributed by atoms with van der Waals surface area (Å²) in [6.07, 6.45) is 0. The molecule has 104 valence electrons. The number of anilines is 2. The van der Waals surface area contributed by atoms with Crippen molar-refractivity contribution in [2.75, 3.05) is 17.2 Å². The summed E-state index contributed by atoms with van der Waals surface area (Å²) in [4.78, 5) is 11.9. The van der Waals surface area contributed by atoms with Crippen LogP contribution in [0.25, 0.3) is 0 Å². The topological polar surface area (TPSA) is 41.1 Å². The first-order valence-corrected chi connectivity index (χ1v) is 6.80. The van der Waals surface area contributed by atoms with Crippen molar-refractivity contribution >= 4 is 28.9 Å². The first kappa shape index (κ1) is 14.4. The van der Waals surface area contributed by atoms with Gasteiger partial charge in [0.05, 0.1) is 6.54 Å². The lowest BCUT2D eigenvalue weighted by Crippen LogP contribution is -2.22. The lowest BCUT2D eigenvalue weighted by atomic mass is 10.2. The fourth-order valence-corrected chi connectivity index (χ4v) is 2.06. The van der Waals surface area contributed by atoms with Crippen molar-refractivity contribution in [3.05, 3.63) is 58.6 Å². The molecule has 20 heavy (non-hydrogen) atoms. The monoisotopic (exact) mass is 288 g/mol. The van der Waals surface area contributed by atoms with E-state index < -0.39 is 0 Å². The van der Waals surface area contributed by atoms with E-state index in [4.69, 9.17) is 11.6 Å². The second-order valence-corrected chi connectivity index (χ2v) is 5.04. The molecule has 1 amide bonds. The summed E-state index contributed by atoms with van der Waals surface area (Å²) in [7, 11) is 0. The average molecular weight is 289 g/mol. The number of hydrogen-bond donors (Lipinski definition) is 2. The van der Waals surface area contributed by atoms with Crippen LogP contribution < -0.4 is 10.6 Å². The highest BCUT2D eigenvalue weighted by atomic mass is 35.5. The van der Waals surface area contributed by atoms with Crippen LogP contribution in [0.3, 0.4) is 0 Å². The van der Waals surface area contributed by atoms with Crippen LogP contribution in [-0.4, -0.2) is 12.5 Å². The summed E-state index contributed by atoms with van der Waals surface area (Å²) in [5, 5.41) is 6.67. The third-order valence-corrected chi connectivity index (χ3v) is 3.54. The van der Waals surface area contributed by atoms with E-state index in [2.05, 4.69) is 10.6 Å². The molecular weight excluding hydrogens is 272 g/mol. The van der Waals surface area contributed by atoms with E-state index in [1.807, 2.05) is 56.3 Å². The SMILES string of the molecule is Cc1ccccc1NC(=O)CNc1cccc(Cl)c1C. The first-order chi connectivity index (χ1) is 9.58. The van der Waals surface area contributed by atoms with E-state index in [9.17, 15) is 4.79 Å². The molecule has 2 aromatic rings. The van der Waals surface area contributed by atoms with Crippen LogP contribution in [0, 0.1) is 13.8 Å². The van der Waals surface area contributed by atoms with Gasteiger partial charge in [-0.2, -0.15) is 0 Å². The van der Waals surface area contributed by atoms with Crippen molar-refractivity contribution in [3.63, 3.8) is 0 Å². The highest BCUT2D eigenvalue weighted by molar-refractivity contribution is 6.31. The van der Waals surface area contributed by atoms with E-state index >= 15 is 0 Å². The van der Waals surface area contributed by atoms with Gasteiger partial charge in [0.2, 0.25) is 5.91 Å². The van der Waals surface area contributed by atoms with Gasteiger partial charge in [0.15, 0.2) is 0 Å². The molecule has 0 aliphatic carbocycles. The molecule has 3 nitrogen and oxygen atoms in total. The Kier molecular flexibility index (Phi) is 4.64. The molecule has 0 unspecified atom stereocenters. The van der Waals surface area contributed by atoms with Gasteiger partial charge in [-0.3, -0.25) is 4.79 Å². The summed E-state index contributed by atoms with van der Waals surface area (Å²) in [5.74, 6) is -0.0846. The van der Waals surface area contributed by atoms with Crippen LogP contribution >= 0.6 is 11.6 Å². The van der Waals surface area contributed by atoms with Crippen LogP contribution in [-0.2, 0) is 4.79 Å². The Morgan fingerprint density at radius 1 is 1.05 bits per heavy atom. The van der Waals surface area contributed by atoms with Crippen LogP contribution in [0.15, 0.2) is 42.5 Å². The Labute approximate surface area is 124 Å². The number of amides is 1. The number of para-hydroxylation sites is 1. The lowest BCUT2D eigenvalue weighted by molar-refractivity contribution is -0.114. The van der Waals surface area contributed by atoms with Gasteiger partial charge in [0.1, 0.15) is 0 Å². The van der Waals surface area contributed by atoms with Gasteiger partial charge in [0.25, 0.3) is 0 Å². The van der Waals surface area contributed by atoms with E-state index in [1.165, 1.54) is 0 Å². The molecule has 0 fully saturated rings. The predicted octanol–water partition coefficient (Wildman–Crippen LogP) is 4.01. The van der Waals surface area contributed by atoms with Crippen LogP contribution in [0.5, 0.6) is 0 Å². The molecule has 0 atom stereocenters. The highest BCUT2D eigenvalue weighted by Gasteiger charge is 2.06. The van der Waals surface area contributed by atoms with Gasteiger partial charge in [0, 0.05) is 16.4 Å². The molecule has 0 spiro atoms. The number of halogens is 1. The van der Waals surface area contributed by atoms with Gasteiger partial charge in [-0.15, -0.1) is 0 Å². The maximum Gasteiger partial charge on any atom is 0.243 e. The summed E-state index contributed by atoms with van der Waals surface area (Å²) in [6, 6.07) is 13.3. The maximum atomic E-state index is 11.9. The van der Waals surface area contributed by atoms with Crippen LogP contribution in [0.4, 0.5) is 11.4 Å². The highest BCUT2D eigenvalue weighted by Crippen LogP contribution is 2.22. The van der Waals surface area contributed by atoms with Crippen molar-refractivity contribution in [1.29, 1.82) is 0 Å². The van der Waals surface area contributed by atoms with Gasteiger partial charge < -0.3 is 10.6 Å². The number of carbonyl (C=O) groups excluding carboxylic acids is 1. The molecule has 4 heteroatoms. The average Bonchev–Trinajstić information content (AvgIpc) is 2.43. The van der Waals surface area contributed by atoms with E-state index in [1.54, 1.807) is 0 Å². The minimum atomic E-state index is -0.0846. The molecule has 0 bridgehead atoms. The Hall–Kier alpha value is -2.00. The number of benzene rings is 2. The molecule has 2 N–H and O–H groups in total. The summed E-state index contributed by atoms with van der Waals surface area (Å²) in [5.41, 5.74) is 3.69. The normalized spacial score (nSPS) is 10.2. The number of aryl methyl sites for hydroxylation is 1. The fourth-order valence-electron chi connectivity index (χ4n) is 1.88. The lowest BCUT2D eigenvalue weighted by Gasteiger charge is -2.12. The van der Waals surface area contributed by atoms with E-state index in [-0.39, 0.29) is 12.5 Å².